The fraction of sp³-hybridized carbons (Fsp3) is 0.333. The number of halogens is 1. The summed E-state index contributed by atoms with van der Waals surface area (Å²) in [7, 11) is 1.07. The molecule has 0 spiro atoms. The molecule has 194 valence electrons. The number of Topliss-reactive ketones (excluding diaryl/α,β-unsaturated/α-hetero) is 1. The number of benzene rings is 2. The lowest BCUT2D eigenvalue weighted by Gasteiger charge is -2.32. The van der Waals surface area contributed by atoms with Crippen molar-refractivity contribution in [1.29, 1.82) is 5.26 Å². The molecule has 1 fully saturated rings. The lowest BCUT2D eigenvalue weighted by atomic mass is 10.1. The SMILES string of the molecule is Cc1ccc(S(=O)(=O)n2c(C(=O)/C(C#N)=C\N(C)C)cc3cc(CN4CCN(C)CC4)c(F)cc32)cc1. The Morgan fingerprint density at radius 2 is 1.76 bits per heavy atom. The first kappa shape index (κ1) is 26.5. The number of carbonyl (C=O) groups is 1. The molecule has 0 saturated carbocycles. The molecule has 0 aliphatic carbocycles. The molecule has 1 aromatic heterocycles. The van der Waals surface area contributed by atoms with Crippen LogP contribution in [0.5, 0.6) is 0 Å². The molecule has 1 aliphatic rings. The Bertz CT molecular complexity index is 1510. The lowest BCUT2D eigenvalue weighted by molar-refractivity contribution is 0.103. The molecule has 1 aliphatic heterocycles. The molecule has 1 saturated heterocycles. The van der Waals surface area contributed by atoms with E-state index in [-0.39, 0.29) is 21.7 Å². The Labute approximate surface area is 216 Å². The van der Waals surface area contributed by atoms with Crippen molar-refractivity contribution in [3.8, 4) is 6.07 Å². The molecule has 37 heavy (non-hydrogen) atoms. The van der Waals surface area contributed by atoms with Gasteiger partial charge in [-0.05, 0) is 44.3 Å². The third-order valence-corrected chi connectivity index (χ3v) is 8.20. The predicted octanol–water partition coefficient (Wildman–Crippen LogP) is 3.23. The van der Waals surface area contributed by atoms with Gasteiger partial charge in [-0.3, -0.25) is 9.69 Å². The van der Waals surface area contributed by atoms with Crippen LogP contribution < -0.4 is 0 Å². The Kier molecular flexibility index (Phi) is 7.50. The average Bonchev–Trinajstić information content (AvgIpc) is 3.22. The Balaban J connectivity index is 1.89. The van der Waals surface area contributed by atoms with Crippen molar-refractivity contribution in [1.82, 2.24) is 18.7 Å². The number of hydrogen-bond donors (Lipinski definition) is 0. The number of fused-ring (bicyclic) bond motifs is 1. The highest BCUT2D eigenvalue weighted by Gasteiger charge is 2.29. The first-order valence-corrected chi connectivity index (χ1v) is 13.4. The maximum atomic E-state index is 15.4. The molecule has 4 rings (SSSR count). The van der Waals surface area contributed by atoms with E-state index in [2.05, 4.69) is 9.80 Å². The first-order chi connectivity index (χ1) is 17.5. The van der Waals surface area contributed by atoms with E-state index in [1.807, 2.05) is 20.0 Å². The van der Waals surface area contributed by atoms with Crippen LogP contribution in [0.3, 0.4) is 0 Å². The van der Waals surface area contributed by atoms with Crippen LogP contribution in [0.2, 0.25) is 0 Å². The molecule has 3 aromatic rings. The molecule has 2 heterocycles. The summed E-state index contributed by atoms with van der Waals surface area (Å²) in [6.07, 6.45) is 1.34. The van der Waals surface area contributed by atoms with Crippen molar-refractivity contribution >= 4 is 26.7 Å². The minimum Gasteiger partial charge on any atom is -0.382 e. The number of likely N-dealkylation sites (N-methyl/N-ethyl adjacent to an activating group) is 1. The lowest BCUT2D eigenvalue weighted by Crippen LogP contribution is -2.44. The van der Waals surface area contributed by atoms with Gasteiger partial charge in [0.1, 0.15) is 23.2 Å². The first-order valence-electron chi connectivity index (χ1n) is 11.9. The minimum atomic E-state index is -4.28. The van der Waals surface area contributed by atoms with Crippen molar-refractivity contribution in [2.45, 2.75) is 18.4 Å². The zero-order valence-corrected chi connectivity index (χ0v) is 22.2. The molecule has 2 aromatic carbocycles. The summed E-state index contributed by atoms with van der Waals surface area (Å²) in [5, 5.41) is 10.0. The maximum Gasteiger partial charge on any atom is 0.268 e. The molecule has 10 heteroatoms. The fourth-order valence-corrected chi connectivity index (χ4v) is 5.89. The predicted molar refractivity (Wildman–Crippen MR) is 140 cm³/mol. The number of nitrogens with zero attached hydrogens (tertiary/aromatic N) is 5. The van der Waals surface area contributed by atoms with E-state index in [0.717, 1.165) is 35.7 Å². The van der Waals surface area contributed by atoms with E-state index in [1.165, 1.54) is 35.4 Å². The van der Waals surface area contributed by atoms with E-state index in [1.54, 1.807) is 32.3 Å². The molecule has 0 atom stereocenters. The summed E-state index contributed by atoms with van der Waals surface area (Å²) >= 11 is 0. The quantitative estimate of drug-likeness (QED) is 0.267. The summed E-state index contributed by atoms with van der Waals surface area (Å²) < 4.78 is 43.8. The van der Waals surface area contributed by atoms with Crippen molar-refractivity contribution in [3.63, 3.8) is 0 Å². The molecule has 0 radical (unpaired) electrons. The second-order valence-electron chi connectivity index (χ2n) is 9.64. The Morgan fingerprint density at radius 1 is 1.11 bits per heavy atom. The number of piperazine rings is 1. The van der Waals surface area contributed by atoms with Crippen LogP contribution in [0.25, 0.3) is 10.9 Å². The van der Waals surface area contributed by atoms with Gasteiger partial charge in [0.05, 0.1) is 10.4 Å². The van der Waals surface area contributed by atoms with Gasteiger partial charge in [0.25, 0.3) is 10.0 Å². The third kappa shape index (κ3) is 5.44. The number of rotatable bonds is 7. The van der Waals surface area contributed by atoms with Gasteiger partial charge in [-0.1, -0.05) is 17.7 Å². The van der Waals surface area contributed by atoms with Crippen LogP contribution in [0.1, 0.15) is 21.6 Å². The number of aryl methyl sites for hydroxylation is 1. The summed E-state index contributed by atoms with van der Waals surface area (Å²) in [6, 6.07) is 12.3. The van der Waals surface area contributed by atoms with E-state index in [4.69, 9.17) is 0 Å². The third-order valence-electron chi connectivity index (χ3n) is 6.46. The number of nitriles is 1. The van der Waals surface area contributed by atoms with E-state index in [0.29, 0.717) is 17.5 Å². The molecule has 8 nitrogen and oxygen atoms in total. The van der Waals surface area contributed by atoms with Crippen molar-refractivity contribution < 1.29 is 17.6 Å². The second kappa shape index (κ2) is 10.5. The van der Waals surface area contributed by atoms with Gasteiger partial charge in [-0.2, -0.15) is 5.26 Å². The van der Waals surface area contributed by atoms with Gasteiger partial charge >= 0.3 is 0 Å². The standard InChI is InChI=1S/C27H30FN5O3S/c1-19-5-7-23(8-6-19)37(35,36)33-25-15-24(28)21(18-32-11-9-31(4)10-12-32)13-20(25)14-26(33)27(34)22(16-29)17-30(2)3/h5-8,13-15,17H,9-12,18H2,1-4H3/b22-17-. The van der Waals surface area contributed by atoms with Crippen LogP contribution >= 0.6 is 0 Å². The maximum absolute atomic E-state index is 15.4. The van der Waals surface area contributed by atoms with Crippen molar-refractivity contribution in [3.05, 3.63) is 76.9 Å². The smallest absolute Gasteiger partial charge is 0.268 e. The van der Waals surface area contributed by atoms with Crippen LogP contribution in [0.4, 0.5) is 4.39 Å². The number of carbonyl (C=O) groups excluding carboxylic acids is 1. The van der Waals surface area contributed by atoms with Gasteiger partial charge in [-0.15, -0.1) is 0 Å². The number of allylic oxidation sites excluding steroid dienone is 1. The van der Waals surface area contributed by atoms with Gasteiger partial charge in [0, 0.05) is 64.0 Å². The largest absolute Gasteiger partial charge is 0.382 e. The van der Waals surface area contributed by atoms with Crippen LogP contribution in [0.15, 0.2) is 59.1 Å². The molecule has 0 unspecified atom stereocenters. The monoisotopic (exact) mass is 523 g/mol. The van der Waals surface area contributed by atoms with E-state index in [9.17, 15) is 18.5 Å². The van der Waals surface area contributed by atoms with E-state index >= 15 is 4.39 Å². The molecular formula is C27H30FN5O3S. The fourth-order valence-electron chi connectivity index (χ4n) is 4.39. The number of ketones is 1. The van der Waals surface area contributed by atoms with Gasteiger partial charge in [-0.25, -0.2) is 16.8 Å². The summed E-state index contributed by atoms with van der Waals surface area (Å²) in [4.78, 5) is 19.3. The summed E-state index contributed by atoms with van der Waals surface area (Å²) in [6.45, 7) is 5.55. The topological polar surface area (TPSA) is 89.6 Å². The number of aromatic nitrogens is 1. The van der Waals surface area contributed by atoms with Crippen LogP contribution in [0, 0.1) is 24.1 Å². The van der Waals surface area contributed by atoms with Crippen molar-refractivity contribution in [2.24, 2.45) is 0 Å². The average molecular weight is 524 g/mol. The second-order valence-corrected chi connectivity index (χ2v) is 11.4. The van der Waals surface area contributed by atoms with Crippen LogP contribution in [-0.2, 0) is 16.6 Å². The summed E-state index contributed by atoms with van der Waals surface area (Å²) in [5.41, 5.74) is 0.886. The molecule has 0 N–H and O–H groups in total. The minimum absolute atomic E-state index is 0.0401. The number of hydrogen-bond acceptors (Lipinski definition) is 7. The van der Waals surface area contributed by atoms with Crippen LogP contribution in [-0.4, -0.2) is 80.2 Å². The Morgan fingerprint density at radius 3 is 2.35 bits per heavy atom. The van der Waals surface area contributed by atoms with E-state index < -0.39 is 21.6 Å². The zero-order valence-electron chi connectivity index (χ0n) is 21.4. The molecule has 0 amide bonds. The normalized spacial score (nSPS) is 15.6. The van der Waals surface area contributed by atoms with Crippen molar-refractivity contribution in [2.75, 3.05) is 47.3 Å². The molecule has 0 bridgehead atoms. The van der Waals surface area contributed by atoms with Gasteiger partial charge < -0.3 is 9.80 Å². The highest BCUT2D eigenvalue weighted by molar-refractivity contribution is 7.90. The highest BCUT2D eigenvalue weighted by Crippen LogP contribution is 2.30. The highest BCUT2D eigenvalue weighted by atomic mass is 32.2. The van der Waals surface area contributed by atoms with Gasteiger partial charge in [0.15, 0.2) is 0 Å². The Hall–Kier alpha value is -3.52. The zero-order chi connectivity index (χ0) is 26.9. The van der Waals surface area contributed by atoms with Gasteiger partial charge in [0.2, 0.25) is 5.78 Å². The molecular weight excluding hydrogens is 493 g/mol. The summed E-state index contributed by atoms with van der Waals surface area (Å²) in [5.74, 6) is -1.31.